The second kappa shape index (κ2) is 11.2. The van der Waals surface area contributed by atoms with Crippen LogP contribution < -0.4 is 10.2 Å². The smallest absolute Gasteiger partial charge is 0.388 e. The summed E-state index contributed by atoms with van der Waals surface area (Å²) in [6.07, 6.45) is 3.54. The molecule has 3 aromatic rings. The van der Waals surface area contributed by atoms with Crippen LogP contribution in [0.1, 0.15) is 42.0 Å². The minimum absolute atomic E-state index is 0.0307. The number of morpholine rings is 1. The van der Waals surface area contributed by atoms with Gasteiger partial charge in [-0.2, -0.15) is 0 Å². The lowest BCUT2D eigenvalue weighted by molar-refractivity contribution is 0.0151. The summed E-state index contributed by atoms with van der Waals surface area (Å²) in [4.78, 5) is 12.8. The van der Waals surface area contributed by atoms with Gasteiger partial charge in [-0.05, 0) is 61.6 Å². The van der Waals surface area contributed by atoms with E-state index in [4.69, 9.17) is 37.8 Å². The fourth-order valence-corrected chi connectivity index (χ4v) is 5.40. The number of ether oxygens (including phenoxy) is 2. The maximum absolute atomic E-state index is 13.9. The lowest BCUT2D eigenvalue weighted by atomic mass is 9.91. The molecule has 1 aliphatic heterocycles. The first-order valence-corrected chi connectivity index (χ1v) is 12.9. The van der Waals surface area contributed by atoms with Crippen molar-refractivity contribution in [2.24, 2.45) is 0 Å². The van der Waals surface area contributed by atoms with Gasteiger partial charge in [-0.3, -0.25) is 5.43 Å². The minimum atomic E-state index is -0.600. The van der Waals surface area contributed by atoms with E-state index in [1.54, 1.807) is 40.0 Å². The van der Waals surface area contributed by atoms with Crippen LogP contribution in [0.3, 0.4) is 0 Å². The summed E-state index contributed by atoms with van der Waals surface area (Å²) in [6, 6.07) is 11.9. The first-order valence-electron chi connectivity index (χ1n) is 12.1. The van der Waals surface area contributed by atoms with Crippen LogP contribution >= 0.6 is 23.2 Å². The van der Waals surface area contributed by atoms with Crippen LogP contribution in [0.5, 0.6) is 5.88 Å². The number of hydrogen-bond donors (Lipinski definition) is 1. The number of fused-ring (bicyclic) bond motifs is 1. The number of nitrogens with zero attached hydrogens (tertiary/aromatic N) is 3. The van der Waals surface area contributed by atoms with Crippen molar-refractivity contribution < 1.29 is 18.7 Å². The Labute approximate surface area is 219 Å². The average molecular weight is 533 g/mol. The summed E-state index contributed by atoms with van der Waals surface area (Å²) in [7, 11) is 0. The number of nitrogens with one attached hydrogen (secondary N) is 1. The number of halogens is 3. The molecule has 1 unspecified atom stereocenters. The maximum atomic E-state index is 13.9. The van der Waals surface area contributed by atoms with Gasteiger partial charge in [0.1, 0.15) is 5.82 Å². The molecule has 1 amide bonds. The monoisotopic (exact) mass is 532 g/mol. The van der Waals surface area contributed by atoms with E-state index in [0.717, 1.165) is 36.1 Å². The van der Waals surface area contributed by atoms with Gasteiger partial charge in [0.05, 0.1) is 29.6 Å². The maximum Gasteiger partial charge on any atom is 0.428 e. The van der Waals surface area contributed by atoms with Gasteiger partial charge in [-0.15, -0.1) is 5.10 Å². The summed E-state index contributed by atoms with van der Waals surface area (Å²) in [5.74, 6) is 0.0236. The van der Waals surface area contributed by atoms with Crippen LogP contribution in [0.15, 0.2) is 42.5 Å². The summed E-state index contributed by atoms with van der Waals surface area (Å²) in [5, 5.41) is 7.44. The summed E-state index contributed by atoms with van der Waals surface area (Å²) in [6.45, 7) is 2.25. The first-order chi connectivity index (χ1) is 17.5. The van der Waals surface area contributed by atoms with Gasteiger partial charge in [0.15, 0.2) is 0 Å². The number of benzene rings is 2. The quantitative estimate of drug-likeness (QED) is 0.426. The van der Waals surface area contributed by atoms with Crippen molar-refractivity contribution in [1.29, 1.82) is 0 Å². The second-order valence-corrected chi connectivity index (χ2v) is 9.90. The zero-order chi connectivity index (χ0) is 25.1. The summed E-state index contributed by atoms with van der Waals surface area (Å²) in [5.41, 5.74) is 6.11. The van der Waals surface area contributed by atoms with Crippen molar-refractivity contribution in [3.63, 3.8) is 0 Å². The van der Waals surface area contributed by atoms with Crippen molar-refractivity contribution >= 4 is 29.3 Å². The molecule has 0 radical (unpaired) electrons. The molecule has 1 fully saturated rings. The van der Waals surface area contributed by atoms with Crippen LogP contribution in [-0.4, -0.2) is 47.2 Å². The van der Waals surface area contributed by atoms with Gasteiger partial charge < -0.3 is 9.47 Å². The Hall–Kier alpha value is -2.65. The molecule has 10 heteroatoms. The number of hydrazine groups is 1. The van der Waals surface area contributed by atoms with Crippen molar-refractivity contribution in [2.45, 2.75) is 38.0 Å². The highest BCUT2D eigenvalue weighted by atomic mass is 35.5. The molecule has 2 heterocycles. The first kappa shape index (κ1) is 25.0. The highest BCUT2D eigenvalue weighted by Crippen LogP contribution is 2.40. The third kappa shape index (κ3) is 5.67. The van der Waals surface area contributed by atoms with Crippen LogP contribution in [0.2, 0.25) is 10.0 Å². The van der Waals surface area contributed by atoms with E-state index < -0.39 is 6.09 Å². The molecule has 1 aliphatic carbocycles. The zero-order valence-electron chi connectivity index (χ0n) is 19.7. The van der Waals surface area contributed by atoms with Gasteiger partial charge in [0.25, 0.3) is 0 Å². The van der Waals surface area contributed by atoms with Gasteiger partial charge in [0.2, 0.25) is 5.88 Å². The molecule has 0 saturated carbocycles. The molecule has 190 valence electrons. The molecule has 5 rings (SSSR count). The standard InChI is InChI=1S/C26H27Cl2FN4O3/c27-19-8-9-23(22(28)16-19)33-24-18(14-17-4-3-6-20(29)15-17)5-1-2-7-21(24)25(30-33)36-26(34)31-32-10-12-35-13-11-32/h3-4,6,8-9,15-16,18H,1-2,5,7,10-14H2,(H,31,34). The number of hydrogen-bond acceptors (Lipinski definition) is 5. The SMILES string of the molecule is O=C(NN1CCOCC1)Oc1nn(-c2ccc(Cl)cc2Cl)c2c1CCCCC2Cc1cccc(F)c1. The summed E-state index contributed by atoms with van der Waals surface area (Å²) < 4.78 is 26.8. The van der Waals surface area contributed by atoms with Crippen molar-refractivity contribution in [1.82, 2.24) is 20.2 Å². The van der Waals surface area contributed by atoms with Gasteiger partial charge >= 0.3 is 6.09 Å². The number of carbonyl (C=O) groups excluding carboxylic acids is 1. The molecule has 1 saturated heterocycles. The van der Waals surface area contributed by atoms with Crippen molar-refractivity contribution in [3.8, 4) is 11.6 Å². The number of amides is 1. The lowest BCUT2D eigenvalue weighted by Crippen LogP contribution is -2.49. The molecule has 1 atom stereocenters. The molecule has 0 spiro atoms. The number of carbonyl (C=O) groups is 1. The molecule has 7 nitrogen and oxygen atoms in total. The molecular weight excluding hydrogens is 506 g/mol. The molecule has 1 aromatic heterocycles. The van der Waals surface area contributed by atoms with E-state index in [2.05, 4.69) is 5.43 Å². The largest absolute Gasteiger partial charge is 0.428 e. The Morgan fingerprint density at radius 1 is 1.17 bits per heavy atom. The van der Waals surface area contributed by atoms with Gasteiger partial charge in [0, 0.05) is 29.6 Å². The Kier molecular flexibility index (Phi) is 7.76. The van der Waals surface area contributed by atoms with Crippen LogP contribution in [0, 0.1) is 5.82 Å². The lowest BCUT2D eigenvalue weighted by Gasteiger charge is -2.26. The molecular formula is C26H27Cl2FN4O3. The third-order valence-electron chi connectivity index (χ3n) is 6.56. The van der Waals surface area contributed by atoms with E-state index in [-0.39, 0.29) is 17.6 Å². The van der Waals surface area contributed by atoms with Crippen molar-refractivity contribution in [3.05, 3.63) is 75.1 Å². The van der Waals surface area contributed by atoms with E-state index in [0.29, 0.717) is 54.9 Å². The third-order valence-corrected chi connectivity index (χ3v) is 7.10. The molecule has 2 aromatic carbocycles. The van der Waals surface area contributed by atoms with E-state index in [9.17, 15) is 9.18 Å². The molecule has 1 N–H and O–H groups in total. The predicted octanol–water partition coefficient (Wildman–Crippen LogP) is 5.71. The summed E-state index contributed by atoms with van der Waals surface area (Å²) >= 11 is 12.7. The Balaban J connectivity index is 1.53. The van der Waals surface area contributed by atoms with E-state index in [1.165, 1.54) is 6.07 Å². The fourth-order valence-electron chi connectivity index (χ4n) is 4.91. The Morgan fingerprint density at radius 2 is 2.00 bits per heavy atom. The van der Waals surface area contributed by atoms with E-state index in [1.807, 2.05) is 6.07 Å². The predicted molar refractivity (Wildman–Crippen MR) is 136 cm³/mol. The zero-order valence-corrected chi connectivity index (χ0v) is 21.2. The highest BCUT2D eigenvalue weighted by molar-refractivity contribution is 6.35. The van der Waals surface area contributed by atoms with Crippen LogP contribution in [-0.2, 0) is 17.6 Å². The second-order valence-electron chi connectivity index (χ2n) is 9.05. The molecule has 0 bridgehead atoms. The van der Waals surface area contributed by atoms with Gasteiger partial charge in [-0.1, -0.05) is 41.8 Å². The normalized spacial score (nSPS) is 18.4. The topological polar surface area (TPSA) is 68.6 Å². The Bertz CT molecular complexity index is 1250. The van der Waals surface area contributed by atoms with Gasteiger partial charge in [-0.25, -0.2) is 18.9 Å². The number of aromatic nitrogens is 2. The minimum Gasteiger partial charge on any atom is -0.388 e. The van der Waals surface area contributed by atoms with Crippen LogP contribution in [0.4, 0.5) is 9.18 Å². The van der Waals surface area contributed by atoms with Crippen LogP contribution in [0.25, 0.3) is 5.69 Å². The fraction of sp³-hybridized carbons (Fsp3) is 0.385. The van der Waals surface area contributed by atoms with E-state index >= 15 is 0 Å². The van der Waals surface area contributed by atoms with Crippen molar-refractivity contribution in [2.75, 3.05) is 26.3 Å². The Morgan fingerprint density at radius 3 is 2.78 bits per heavy atom. The highest BCUT2D eigenvalue weighted by Gasteiger charge is 2.31. The average Bonchev–Trinajstić information content (AvgIpc) is 3.05. The molecule has 36 heavy (non-hydrogen) atoms. The molecule has 2 aliphatic rings. The number of rotatable bonds is 5.